The van der Waals surface area contributed by atoms with E-state index < -0.39 is 10.0 Å². The van der Waals surface area contributed by atoms with Gasteiger partial charge >= 0.3 is 0 Å². The Kier molecular flexibility index (Phi) is 4.77. The Morgan fingerprint density at radius 2 is 1.95 bits per heavy atom. The molecule has 0 radical (unpaired) electrons. The first-order chi connectivity index (χ1) is 10.0. The molecule has 1 heterocycles. The van der Waals surface area contributed by atoms with E-state index in [1.807, 2.05) is 6.92 Å². The predicted octanol–water partition coefficient (Wildman–Crippen LogP) is 1.53. The molecule has 0 unspecified atom stereocenters. The summed E-state index contributed by atoms with van der Waals surface area (Å²) in [6.07, 6.45) is 3.09. The van der Waals surface area contributed by atoms with Gasteiger partial charge in [-0.2, -0.15) is 0 Å². The third-order valence-corrected chi connectivity index (χ3v) is 4.19. The van der Waals surface area contributed by atoms with Gasteiger partial charge in [0, 0.05) is 12.7 Å². The van der Waals surface area contributed by atoms with Crippen LogP contribution >= 0.6 is 0 Å². The fourth-order valence-corrected chi connectivity index (χ4v) is 2.78. The lowest BCUT2D eigenvalue weighted by molar-refractivity contribution is 0.328. The van der Waals surface area contributed by atoms with Gasteiger partial charge in [-0.05, 0) is 42.8 Å². The highest BCUT2D eigenvalue weighted by Gasteiger charge is 2.15. The molecule has 0 amide bonds. The van der Waals surface area contributed by atoms with Gasteiger partial charge < -0.3 is 10.5 Å². The molecule has 0 aliphatic heterocycles. The van der Waals surface area contributed by atoms with Gasteiger partial charge in [-0.3, -0.25) is 9.71 Å². The second-order valence-electron chi connectivity index (χ2n) is 4.40. The largest absolute Gasteiger partial charge is 0.492 e. The molecule has 1 aromatic heterocycles. The van der Waals surface area contributed by atoms with Crippen LogP contribution in [-0.2, 0) is 10.0 Å². The van der Waals surface area contributed by atoms with Crippen LogP contribution in [0.15, 0.2) is 47.6 Å². The first-order valence-electron chi connectivity index (χ1n) is 6.39. The van der Waals surface area contributed by atoms with Gasteiger partial charge in [0.05, 0.1) is 16.8 Å². The summed E-state index contributed by atoms with van der Waals surface area (Å²) in [4.78, 5) is 4.07. The number of anilines is 1. The maximum Gasteiger partial charge on any atom is 0.261 e. The number of hydrogen-bond acceptors (Lipinski definition) is 5. The van der Waals surface area contributed by atoms with E-state index in [1.54, 1.807) is 24.4 Å². The second kappa shape index (κ2) is 6.55. The number of benzene rings is 1. The second-order valence-corrected chi connectivity index (χ2v) is 6.09. The van der Waals surface area contributed by atoms with Gasteiger partial charge in [0.2, 0.25) is 0 Å². The molecule has 2 rings (SSSR count). The average molecular weight is 307 g/mol. The standard InChI is InChI=1S/C14H17N3O3S/c1-11-6-8-16-10-14(11)17-21(18,19)13-4-2-12(3-5-13)20-9-7-15/h2-6,8,10,17H,7,9,15H2,1H3. The van der Waals surface area contributed by atoms with Crippen molar-refractivity contribution in [1.82, 2.24) is 4.98 Å². The molecule has 3 N–H and O–H groups in total. The van der Waals surface area contributed by atoms with Crippen molar-refractivity contribution in [3.8, 4) is 5.75 Å². The smallest absolute Gasteiger partial charge is 0.261 e. The number of nitrogens with zero attached hydrogens (tertiary/aromatic N) is 1. The number of nitrogens with two attached hydrogens (primary N) is 1. The molecule has 112 valence electrons. The van der Waals surface area contributed by atoms with Crippen molar-refractivity contribution >= 4 is 15.7 Å². The van der Waals surface area contributed by atoms with Gasteiger partial charge in [-0.25, -0.2) is 8.42 Å². The number of ether oxygens (including phenoxy) is 1. The number of nitrogens with one attached hydrogen (secondary N) is 1. The summed E-state index contributed by atoms with van der Waals surface area (Å²) in [5.41, 5.74) is 6.60. The third-order valence-electron chi connectivity index (χ3n) is 2.80. The fourth-order valence-electron chi connectivity index (χ4n) is 1.67. The van der Waals surface area contributed by atoms with Gasteiger partial charge in [0.1, 0.15) is 12.4 Å². The number of sulfonamides is 1. The van der Waals surface area contributed by atoms with Crippen molar-refractivity contribution in [1.29, 1.82) is 0 Å². The Morgan fingerprint density at radius 1 is 1.24 bits per heavy atom. The lowest BCUT2D eigenvalue weighted by atomic mass is 10.3. The molecule has 0 spiro atoms. The van der Waals surface area contributed by atoms with Gasteiger partial charge in [0.15, 0.2) is 0 Å². The topological polar surface area (TPSA) is 94.3 Å². The minimum Gasteiger partial charge on any atom is -0.492 e. The molecule has 0 bridgehead atoms. The minimum atomic E-state index is -3.64. The number of hydrogen-bond donors (Lipinski definition) is 2. The summed E-state index contributed by atoms with van der Waals surface area (Å²) in [6, 6.07) is 7.90. The molecule has 0 saturated carbocycles. The maximum absolute atomic E-state index is 12.3. The molecule has 1 aromatic carbocycles. The first kappa shape index (κ1) is 15.3. The molecular formula is C14H17N3O3S. The molecular weight excluding hydrogens is 290 g/mol. The molecule has 21 heavy (non-hydrogen) atoms. The van der Waals surface area contributed by atoms with Gasteiger partial charge in [-0.15, -0.1) is 0 Å². The molecule has 0 fully saturated rings. The van der Waals surface area contributed by atoms with E-state index in [1.165, 1.54) is 18.3 Å². The molecule has 6 nitrogen and oxygen atoms in total. The van der Waals surface area contributed by atoms with Crippen molar-refractivity contribution in [2.24, 2.45) is 5.73 Å². The maximum atomic E-state index is 12.3. The summed E-state index contributed by atoms with van der Waals surface area (Å²) in [6.45, 7) is 2.60. The van der Waals surface area contributed by atoms with Crippen molar-refractivity contribution < 1.29 is 13.2 Å². The summed E-state index contributed by atoms with van der Waals surface area (Å²) < 4.78 is 32.4. The monoisotopic (exact) mass is 307 g/mol. The van der Waals surface area contributed by atoms with Crippen LogP contribution in [0, 0.1) is 6.92 Å². The molecule has 0 saturated heterocycles. The number of aryl methyl sites for hydroxylation is 1. The van der Waals surface area contributed by atoms with E-state index in [4.69, 9.17) is 10.5 Å². The van der Waals surface area contributed by atoms with Crippen molar-refractivity contribution in [3.63, 3.8) is 0 Å². The van der Waals surface area contributed by atoms with Crippen LogP contribution in [0.4, 0.5) is 5.69 Å². The van der Waals surface area contributed by atoms with E-state index >= 15 is 0 Å². The fraction of sp³-hybridized carbons (Fsp3) is 0.214. The van der Waals surface area contributed by atoms with Crippen LogP contribution < -0.4 is 15.2 Å². The summed E-state index contributed by atoms with van der Waals surface area (Å²) in [7, 11) is -3.64. The predicted molar refractivity (Wildman–Crippen MR) is 80.8 cm³/mol. The summed E-state index contributed by atoms with van der Waals surface area (Å²) in [5, 5.41) is 0. The summed E-state index contributed by atoms with van der Waals surface area (Å²) >= 11 is 0. The van der Waals surface area contributed by atoms with Crippen LogP contribution in [0.2, 0.25) is 0 Å². The quantitative estimate of drug-likeness (QED) is 0.844. The zero-order valence-electron chi connectivity index (χ0n) is 11.6. The van der Waals surface area contributed by atoms with E-state index in [2.05, 4.69) is 9.71 Å². The van der Waals surface area contributed by atoms with Crippen LogP contribution in [0.3, 0.4) is 0 Å². The van der Waals surface area contributed by atoms with Gasteiger partial charge in [-0.1, -0.05) is 0 Å². The number of pyridine rings is 1. The molecule has 0 aliphatic rings. The minimum absolute atomic E-state index is 0.158. The Bertz CT molecular complexity index is 700. The lowest BCUT2D eigenvalue weighted by Gasteiger charge is -2.10. The lowest BCUT2D eigenvalue weighted by Crippen LogP contribution is -2.14. The number of rotatable bonds is 6. The highest BCUT2D eigenvalue weighted by molar-refractivity contribution is 7.92. The van der Waals surface area contributed by atoms with Crippen LogP contribution in [-0.4, -0.2) is 26.6 Å². The first-order valence-corrected chi connectivity index (χ1v) is 7.87. The Morgan fingerprint density at radius 3 is 2.57 bits per heavy atom. The molecule has 0 atom stereocenters. The van der Waals surface area contributed by atoms with E-state index in [0.29, 0.717) is 24.6 Å². The van der Waals surface area contributed by atoms with Crippen LogP contribution in [0.5, 0.6) is 5.75 Å². The van der Waals surface area contributed by atoms with Crippen LogP contribution in [0.25, 0.3) is 0 Å². The van der Waals surface area contributed by atoms with Gasteiger partial charge in [0.25, 0.3) is 10.0 Å². The molecule has 2 aromatic rings. The molecule has 7 heteroatoms. The highest BCUT2D eigenvalue weighted by Crippen LogP contribution is 2.20. The Labute approximate surface area is 124 Å². The van der Waals surface area contributed by atoms with Crippen LogP contribution in [0.1, 0.15) is 5.56 Å². The molecule has 0 aliphatic carbocycles. The SMILES string of the molecule is Cc1ccncc1NS(=O)(=O)c1ccc(OCCN)cc1. The number of aromatic nitrogens is 1. The average Bonchev–Trinajstić information content (AvgIpc) is 2.48. The van der Waals surface area contributed by atoms with E-state index in [9.17, 15) is 8.42 Å². The Hall–Kier alpha value is -2.12. The van der Waals surface area contributed by atoms with Crippen molar-refractivity contribution in [3.05, 3.63) is 48.3 Å². The zero-order chi connectivity index (χ0) is 15.3. The Balaban J connectivity index is 2.18. The van der Waals surface area contributed by atoms with E-state index in [0.717, 1.165) is 5.56 Å². The third kappa shape index (κ3) is 3.93. The zero-order valence-corrected chi connectivity index (χ0v) is 12.4. The highest BCUT2D eigenvalue weighted by atomic mass is 32.2. The van der Waals surface area contributed by atoms with E-state index in [-0.39, 0.29) is 4.90 Å². The normalized spacial score (nSPS) is 11.1. The summed E-state index contributed by atoms with van der Waals surface area (Å²) in [5.74, 6) is 0.581. The van der Waals surface area contributed by atoms with Crippen molar-refractivity contribution in [2.75, 3.05) is 17.9 Å². The van der Waals surface area contributed by atoms with Crippen molar-refractivity contribution in [2.45, 2.75) is 11.8 Å².